The molecule has 0 bridgehead atoms. The van der Waals surface area contributed by atoms with Gasteiger partial charge in [-0.15, -0.1) is 0 Å². The number of carbonyl (C=O) groups excluding carboxylic acids is 2. The smallest absolute Gasteiger partial charge is 0.406 e. The van der Waals surface area contributed by atoms with E-state index in [1.807, 2.05) is 43.4 Å². The van der Waals surface area contributed by atoms with E-state index in [2.05, 4.69) is 20.7 Å². The fraction of sp³-hybridized carbons (Fsp3) is 0.500. The fourth-order valence-corrected chi connectivity index (χ4v) is 4.77. The maximum atomic E-state index is 13.3. The SMILES string of the molecule is CNC[C@H](C[C@H]1CCCCOC1)NC(=O)c1cccc([C@H](OCCNC(=O)OC)c2cccc(Cl)c2)c1. The van der Waals surface area contributed by atoms with Crippen molar-refractivity contribution in [2.75, 3.05) is 47.1 Å². The summed E-state index contributed by atoms with van der Waals surface area (Å²) >= 11 is 6.25. The van der Waals surface area contributed by atoms with Crippen LogP contribution in [0.5, 0.6) is 0 Å². The van der Waals surface area contributed by atoms with E-state index >= 15 is 0 Å². The van der Waals surface area contributed by atoms with Gasteiger partial charge in [0.1, 0.15) is 6.10 Å². The molecule has 0 saturated carbocycles. The van der Waals surface area contributed by atoms with Crippen LogP contribution in [0.4, 0.5) is 4.79 Å². The summed E-state index contributed by atoms with van der Waals surface area (Å²) in [7, 11) is 3.21. The summed E-state index contributed by atoms with van der Waals surface area (Å²) in [6.07, 6.45) is 3.26. The van der Waals surface area contributed by atoms with Crippen LogP contribution in [0.3, 0.4) is 0 Å². The Morgan fingerprint density at radius 1 is 1.14 bits per heavy atom. The number of alkyl carbamates (subject to hydrolysis) is 1. The van der Waals surface area contributed by atoms with Gasteiger partial charge in [-0.1, -0.05) is 42.3 Å². The summed E-state index contributed by atoms with van der Waals surface area (Å²) < 4.78 is 16.5. The maximum Gasteiger partial charge on any atom is 0.406 e. The summed E-state index contributed by atoms with van der Waals surface area (Å²) in [5, 5.41) is 9.61. The summed E-state index contributed by atoms with van der Waals surface area (Å²) in [5.74, 6) is 0.306. The molecule has 2 amide bonds. The number of methoxy groups -OCH3 is 1. The first-order valence-electron chi connectivity index (χ1n) is 12.8. The van der Waals surface area contributed by atoms with Crippen molar-refractivity contribution >= 4 is 23.6 Å². The molecule has 1 aliphatic heterocycles. The lowest BCUT2D eigenvalue weighted by Gasteiger charge is -2.24. The Bertz CT molecular complexity index is 997. The van der Waals surface area contributed by atoms with Crippen molar-refractivity contribution in [2.45, 2.75) is 37.8 Å². The van der Waals surface area contributed by atoms with Crippen LogP contribution >= 0.6 is 11.6 Å². The lowest BCUT2D eigenvalue weighted by Crippen LogP contribution is -2.42. The van der Waals surface area contributed by atoms with E-state index in [4.69, 9.17) is 21.1 Å². The molecule has 0 aromatic heterocycles. The van der Waals surface area contributed by atoms with E-state index < -0.39 is 12.2 Å². The Morgan fingerprint density at radius 2 is 1.92 bits per heavy atom. The summed E-state index contributed by atoms with van der Waals surface area (Å²) in [6.45, 7) is 2.77. The molecule has 1 heterocycles. The number of likely N-dealkylation sites (N-methyl/N-ethyl adjacent to an activating group) is 1. The van der Waals surface area contributed by atoms with Crippen molar-refractivity contribution in [3.8, 4) is 0 Å². The quantitative estimate of drug-likeness (QED) is 0.353. The lowest BCUT2D eigenvalue weighted by molar-refractivity contribution is 0.0803. The first kappa shape index (κ1) is 28.9. The number of benzene rings is 2. The number of hydrogen-bond acceptors (Lipinski definition) is 6. The average molecular weight is 532 g/mol. The number of nitrogens with one attached hydrogen (secondary N) is 3. The summed E-state index contributed by atoms with van der Waals surface area (Å²) in [5.41, 5.74) is 2.22. The standard InChI is InChI=1S/C28H38ClN3O5/c1-30-18-25(15-20-7-3-4-13-36-19-20)32-27(33)23-10-5-8-21(16-23)26(22-9-6-11-24(29)17-22)37-14-12-31-28(34)35-2/h5-6,8-11,16-17,20,25-26,30H,3-4,7,12-15,18-19H2,1-2H3,(H,31,34)(H,32,33)/t20-,25+,26+/m1/s1. The zero-order valence-electron chi connectivity index (χ0n) is 21.6. The minimum atomic E-state index is -0.520. The maximum absolute atomic E-state index is 13.3. The van der Waals surface area contributed by atoms with E-state index in [9.17, 15) is 9.59 Å². The molecule has 0 spiro atoms. The van der Waals surface area contributed by atoms with Crippen LogP contribution in [0.2, 0.25) is 5.02 Å². The predicted molar refractivity (Wildman–Crippen MR) is 144 cm³/mol. The zero-order chi connectivity index (χ0) is 26.5. The van der Waals surface area contributed by atoms with E-state index in [1.54, 1.807) is 12.1 Å². The van der Waals surface area contributed by atoms with Gasteiger partial charge >= 0.3 is 6.09 Å². The highest BCUT2D eigenvalue weighted by Crippen LogP contribution is 2.28. The van der Waals surface area contributed by atoms with Crippen LogP contribution in [-0.4, -0.2) is 65.1 Å². The third-order valence-corrected chi connectivity index (χ3v) is 6.59. The molecule has 202 valence electrons. The van der Waals surface area contributed by atoms with Gasteiger partial charge in [-0.2, -0.15) is 0 Å². The van der Waals surface area contributed by atoms with Gasteiger partial charge in [-0.3, -0.25) is 4.79 Å². The monoisotopic (exact) mass is 531 g/mol. The molecule has 2 aromatic carbocycles. The van der Waals surface area contributed by atoms with Crippen LogP contribution in [0.1, 0.15) is 53.3 Å². The molecule has 1 saturated heterocycles. The Labute approximate surface area is 224 Å². The zero-order valence-corrected chi connectivity index (χ0v) is 22.4. The molecule has 3 N–H and O–H groups in total. The highest BCUT2D eigenvalue weighted by Gasteiger charge is 2.22. The normalized spacial score (nSPS) is 17.3. The molecule has 2 aromatic rings. The summed E-state index contributed by atoms with van der Waals surface area (Å²) in [6, 6.07) is 14.8. The first-order chi connectivity index (χ1) is 18.0. The molecule has 1 fully saturated rings. The molecule has 8 nitrogen and oxygen atoms in total. The number of carbonyl (C=O) groups is 2. The van der Waals surface area contributed by atoms with Gasteiger partial charge < -0.3 is 30.2 Å². The van der Waals surface area contributed by atoms with Gasteiger partial charge in [0, 0.05) is 42.9 Å². The third kappa shape index (κ3) is 9.63. The number of hydrogen-bond donors (Lipinski definition) is 3. The second kappa shape index (κ2) is 15.6. The van der Waals surface area contributed by atoms with Gasteiger partial charge in [0.25, 0.3) is 5.91 Å². The van der Waals surface area contributed by atoms with Crippen molar-refractivity contribution in [1.82, 2.24) is 16.0 Å². The minimum Gasteiger partial charge on any atom is -0.453 e. The van der Waals surface area contributed by atoms with Gasteiger partial charge in [-0.05, 0) is 67.6 Å². The van der Waals surface area contributed by atoms with Crippen molar-refractivity contribution in [3.05, 3.63) is 70.2 Å². The predicted octanol–water partition coefficient (Wildman–Crippen LogP) is 4.33. The Morgan fingerprint density at radius 3 is 2.68 bits per heavy atom. The highest BCUT2D eigenvalue weighted by atomic mass is 35.5. The van der Waals surface area contributed by atoms with Crippen molar-refractivity contribution in [1.29, 1.82) is 0 Å². The van der Waals surface area contributed by atoms with E-state index in [0.29, 0.717) is 23.0 Å². The minimum absolute atomic E-state index is 0.00257. The van der Waals surface area contributed by atoms with Gasteiger partial charge in [-0.25, -0.2) is 4.79 Å². The van der Waals surface area contributed by atoms with Gasteiger partial charge in [0.15, 0.2) is 0 Å². The van der Waals surface area contributed by atoms with E-state index in [0.717, 1.165) is 50.0 Å². The highest BCUT2D eigenvalue weighted by molar-refractivity contribution is 6.30. The van der Waals surface area contributed by atoms with E-state index in [1.165, 1.54) is 7.11 Å². The van der Waals surface area contributed by atoms with E-state index in [-0.39, 0.29) is 25.1 Å². The average Bonchev–Trinajstić information content (AvgIpc) is 3.17. The number of ether oxygens (including phenoxy) is 3. The van der Waals surface area contributed by atoms with Crippen molar-refractivity contribution < 1.29 is 23.8 Å². The molecule has 0 unspecified atom stereocenters. The first-order valence-corrected chi connectivity index (χ1v) is 13.2. The molecular weight excluding hydrogens is 494 g/mol. The Hall–Kier alpha value is -2.65. The number of amides is 2. The van der Waals surface area contributed by atoms with Crippen LogP contribution in [0.25, 0.3) is 0 Å². The lowest BCUT2D eigenvalue weighted by atomic mass is 9.95. The van der Waals surface area contributed by atoms with Crippen LogP contribution in [-0.2, 0) is 14.2 Å². The fourth-order valence-electron chi connectivity index (χ4n) is 4.57. The van der Waals surface area contributed by atoms with Crippen molar-refractivity contribution in [2.24, 2.45) is 5.92 Å². The molecule has 3 rings (SSSR count). The largest absolute Gasteiger partial charge is 0.453 e. The second-order valence-electron chi connectivity index (χ2n) is 9.25. The van der Waals surface area contributed by atoms with Gasteiger partial charge in [0.2, 0.25) is 0 Å². The van der Waals surface area contributed by atoms with Crippen LogP contribution in [0, 0.1) is 5.92 Å². The summed E-state index contributed by atoms with van der Waals surface area (Å²) in [4.78, 5) is 24.7. The molecule has 1 aliphatic rings. The third-order valence-electron chi connectivity index (χ3n) is 6.35. The van der Waals surface area contributed by atoms with Crippen LogP contribution < -0.4 is 16.0 Å². The molecular formula is C28H38ClN3O5. The molecule has 9 heteroatoms. The second-order valence-corrected chi connectivity index (χ2v) is 9.69. The molecule has 0 radical (unpaired) electrons. The Balaban J connectivity index is 1.73. The topological polar surface area (TPSA) is 97.9 Å². The van der Waals surface area contributed by atoms with Crippen molar-refractivity contribution in [3.63, 3.8) is 0 Å². The molecule has 3 atom stereocenters. The number of rotatable bonds is 12. The molecule has 0 aliphatic carbocycles. The molecule has 37 heavy (non-hydrogen) atoms. The van der Waals surface area contributed by atoms with Gasteiger partial charge in [0.05, 0.1) is 13.7 Å². The number of halogens is 1. The van der Waals surface area contributed by atoms with Crippen LogP contribution in [0.15, 0.2) is 48.5 Å². The Kier molecular flexibility index (Phi) is 12.2.